The molecule has 1 saturated heterocycles. The van der Waals surface area contributed by atoms with Gasteiger partial charge in [0, 0.05) is 6.54 Å². The monoisotopic (exact) mass is 373 g/mol. The van der Waals surface area contributed by atoms with Crippen LogP contribution in [-0.4, -0.2) is 40.3 Å². The summed E-state index contributed by atoms with van der Waals surface area (Å²) in [5.74, 6) is -1.34. The minimum atomic E-state index is -0.971. The van der Waals surface area contributed by atoms with E-state index >= 15 is 0 Å². The van der Waals surface area contributed by atoms with Crippen molar-refractivity contribution in [2.45, 2.75) is 43.2 Å². The number of fused-ring (bicyclic) bond motifs is 5. The fourth-order valence-corrected chi connectivity index (χ4v) is 4.98. The summed E-state index contributed by atoms with van der Waals surface area (Å²) in [6.45, 7) is 0.556. The number of benzene rings is 1. The van der Waals surface area contributed by atoms with Crippen molar-refractivity contribution in [2.24, 2.45) is 0 Å². The molecule has 7 heteroatoms. The molecule has 2 aliphatic carbocycles. The summed E-state index contributed by atoms with van der Waals surface area (Å²) in [5, 5.41) is 8.31. The zero-order valence-corrected chi connectivity index (χ0v) is 14.6. The Morgan fingerprint density at radius 1 is 1.19 bits per heavy atom. The molecule has 0 spiro atoms. The first-order chi connectivity index (χ1) is 13.0. The average molecular weight is 373 g/mol. The van der Waals surface area contributed by atoms with Crippen LogP contribution in [0.3, 0.4) is 0 Å². The van der Waals surface area contributed by atoms with E-state index in [0.717, 1.165) is 12.0 Å². The number of rotatable bonds is 2. The summed E-state index contributed by atoms with van der Waals surface area (Å²) in [7, 11) is 0. The molecule has 1 amide bonds. The molecule has 1 aromatic carbocycles. The quantitative estimate of drug-likeness (QED) is 0.809. The van der Waals surface area contributed by atoms with E-state index in [2.05, 4.69) is 10.2 Å². The van der Waals surface area contributed by atoms with Crippen LogP contribution in [0, 0.1) is 11.6 Å². The third kappa shape index (κ3) is 2.33. The molecule has 1 unspecified atom stereocenters. The first-order valence-corrected chi connectivity index (χ1v) is 9.25. The van der Waals surface area contributed by atoms with Gasteiger partial charge in [0.15, 0.2) is 0 Å². The third-order valence-corrected chi connectivity index (χ3v) is 6.28. The van der Waals surface area contributed by atoms with Crippen LogP contribution in [0.15, 0.2) is 24.3 Å². The summed E-state index contributed by atoms with van der Waals surface area (Å²) in [6, 6.07) is 5.35. The molecular formula is C20H18F3N3O. The molecule has 3 aliphatic rings. The number of likely N-dealkylation sites (tertiary alicyclic amines) is 1. The van der Waals surface area contributed by atoms with Crippen molar-refractivity contribution in [1.29, 1.82) is 0 Å². The Balaban J connectivity index is 1.56. The van der Waals surface area contributed by atoms with Crippen molar-refractivity contribution in [2.75, 3.05) is 13.1 Å². The molecule has 1 aromatic heterocycles. The molecule has 0 N–H and O–H groups in total. The second-order valence-corrected chi connectivity index (χ2v) is 7.79. The maximum Gasteiger partial charge on any atom is 0.235 e. The largest absolute Gasteiger partial charge is 0.339 e. The van der Waals surface area contributed by atoms with E-state index in [0.29, 0.717) is 31.5 Å². The number of nitrogens with zero attached hydrogens (tertiary/aromatic N) is 3. The Labute approximate surface area is 154 Å². The Kier molecular flexibility index (Phi) is 3.58. The van der Waals surface area contributed by atoms with Gasteiger partial charge in [-0.05, 0) is 55.4 Å². The van der Waals surface area contributed by atoms with Gasteiger partial charge in [0.1, 0.15) is 17.8 Å². The number of carbonyl (C=O) groups excluding carboxylic acids is 1. The molecule has 2 bridgehead atoms. The number of amides is 1. The molecule has 0 radical (unpaired) electrons. The standard InChI is InChI=1S/C20H18F3N3O/c21-12-5-7-26(10-12)19(27)20-6-4-11(9-20)13-8-16(24-25-18(13)20)17-14(22)2-1-3-15(17)23/h1-3,8,11-12H,4-7,9-10H2/t11-,12?,20-/m0/s1. The van der Waals surface area contributed by atoms with Crippen LogP contribution in [0.5, 0.6) is 0 Å². The van der Waals surface area contributed by atoms with Gasteiger partial charge in [-0.15, -0.1) is 5.10 Å². The maximum absolute atomic E-state index is 14.1. The second-order valence-electron chi connectivity index (χ2n) is 7.79. The highest BCUT2D eigenvalue weighted by Crippen LogP contribution is 2.57. The second kappa shape index (κ2) is 5.78. The topological polar surface area (TPSA) is 46.1 Å². The van der Waals surface area contributed by atoms with Gasteiger partial charge in [-0.2, -0.15) is 5.10 Å². The van der Waals surface area contributed by atoms with Gasteiger partial charge in [-0.1, -0.05) is 6.07 Å². The SMILES string of the molecule is O=C(N1CCC(F)C1)[C@@]12CC[C@@H](C1)c1cc(-c3c(F)cccc3F)nnc12. The van der Waals surface area contributed by atoms with Crippen LogP contribution in [0.1, 0.15) is 42.9 Å². The summed E-state index contributed by atoms with van der Waals surface area (Å²) in [4.78, 5) is 14.8. The molecular weight excluding hydrogens is 355 g/mol. The van der Waals surface area contributed by atoms with Gasteiger partial charge in [-0.25, -0.2) is 13.2 Å². The number of halogens is 3. The zero-order chi connectivity index (χ0) is 18.8. The van der Waals surface area contributed by atoms with Gasteiger partial charge in [0.2, 0.25) is 5.91 Å². The maximum atomic E-state index is 14.1. The smallest absolute Gasteiger partial charge is 0.235 e. The van der Waals surface area contributed by atoms with E-state index in [1.54, 1.807) is 11.0 Å². The fraction of sp³-hybridized carbons (Fsp3) is 0.450. The van der Waals surface area contributed by atoms with E-state index < -0.39 is 23.2 Å². The first-order valence-electron chi connectivity index (χ1n) is 9.25. The molecule has 1 aliphatic heterocycles. The number of hydrogen-bond acceptors (Lipinski definition) is 3. The summed E-state index contributed by atoms with van der Waals surface area (Å²) in [5.41, 5.74) is 0.633. The van der Waals surface area contributed by atoms with Crippen LogP contribution >= 0.6 is 0 Å². The highest BCUT2D eigenvalue weighted by atomic mass is 19.1. The van der Waals surface area contributed by atoms with Crippen molar-refractivity contribution in [3.63, 3.8) is 0 Å². The minimum absolute atomic E-state index is 0.0805. The lowest BCUT2D eigenvalue weighted by atomic mass is 9.81. The van der Waals surface area contributed by atoms with Crippen LogP contribution in [-0.2, 0) is 10.2 Å². The van der Waals surface area contributed by atoms with Crippen LogP contribution in [0.2, 0.25) is 0 Å². The van der Waals surface area contributed by atoms with Gasteiger partial charge in [-0.3, -0.25) is 4.79 Å². The van der Waals surface area contributed by atoms with Crippen molar-refractivity contribution in [1.82, 2.24) is 15.1 Å². The highest BCUT2D eigenvalue weighted by Gasteiger charge is 2.57. The summed E-state index contributed by atoms with van der Waals surface area (Å²) >= 11 is 0. The van der Waals surface area contributed by atoms with E-state index in [9.17, 15) is 18.0 Å². The van der Waals surface area contributed by atoms with Crippen molar-refractivity contribution in [3.8, 4) is 11.3 Å². The van der Waals surface area contributed by atoms with Crippen molar-refractivity contribution >= 4 is 5.91 Å². The Bertz CT molecular complexity index is 930. The van der Waals surface area contributed by atoms with E-state index in [1.165, 1.54) is 18.2 Å². The van der Waals surface area contributed by atoms with Gasteiger partial charge in [0.25, 0.3) is 0 Å². The zero-order valence-electron chi connectivity index (χ0n) is 14.6. The lowest BCUT2D eigenvalue weighted by Gasteiger charge is -2.30. The third-order valence-electron chi connectivity index (χ3n) is 6.28. The summed E-state index contributed by atoms with van der Waals surface area (Å²) in [6.07, 6.45) is 1.50. The highest BCUT2D eigenvalue weighted by molar-refractivity contribution is 5.90. The number of carbonyl (C=O) groups is 1. The molecule has 140 valence electrons. The van der Waals surface area contributed by atoms with Gasteiger partial charge in [0.05, 0.1) is 28.9 Å². The number of alkyl halides is 1. The Hall–Kier alpha value is -2.44. The fourth-order valence-electron chi connectivity index (χ4n) is 4.98. The van der Waals surface area contributed by atoms with E-state index in [4.69, 9.17) is 0 Å². The molecule has 27 heavy (non-hydrogen) atoms. The Morgan fingerprint density at radius 3 is 2.67 bits per heavy atom. The predicted molar refractivity (Wildman–Crippen MR) is 91.7 cm³/mol. The normalized spacial score (nSPS) is 28.6. The van der Waals surface area contributed by atoms with Gasteiger partial charge >= 0.3 is 0 Å². The Morgan fingerprint density at radius 2 is 1.96 bits per heavy atom. The van der Waals surface area contributed by atoms with Crippen LogP contribution < -0.4 is 0 Å². The lowest BCUT2D eigenvalue weighted by molar-refractivity contribution is -0.136. The first kappa shape index (κ1) is 16.7. The average Bonchev–Trinajstić information content (AvgIpc) is 3.35. The van der Waals surface area contributed by atoms with Crippen molar-refractivity contribution in [3.05, 3.63) is 47.2 Å². The molecule has 5 rings (SSSR count). The molecule has 2 heterocycles. The molecule has 2 aromatic rings. The summed E-state index contributed by atoms with van der Waals surface area (Å²) < 4.78 is 41.8. The van der Waals surface area contributed by atoms with E-state index in [1.807, 2.05) is 0 Å². The van der Waals surface area contributed by atoms with Crippen LogP contribution in [0.25, 0.3) is 11.3 Å². The molecule has 1 saturated carbocycles. The van der Waals surface area contributed by atoms with E-state index in [-0.39, 0.29) is 29.6 Å². The molecule has 4 nitrogen and oxygen atoms in total. The lowest BCUT2D eigenvalue weighted by Crippen LogP contribution is -2.44. The van der Waals surface area contributed by atoms with Crippen LogP contribution in [0.4, 0.5) is 13.2 Å². The predicted octanol–water partition coefficient (Wildman–Crippen LogP) is 3.51. The number of hydrogen-bond donors (Lipinski definition) is 0. The molecule has 2 fully saturated rings. The van der Waals surface area contributed by atoms with Crippen molar-refractivity contribution < 1.29 is 18.0 Å². The molecule has 3 atom stereocenters. The minimum Gasteiger partial charge on any atom is -0.339 e. The number of aromatic nitrogens is 2. The van der Waals surface area contributed by atoms with Gasteiger partial charge < -0.3 is 4.90 Å².